The second-order valence-corrected chi connectivity index (χ2v) is 6.12. The van der Waals surface area contributed by atoms with Gasteiger partial charge in [-0.05, 0) is 42.8 Å². The van der Waals surface area contributed by atoms with Gasteiger partial charge in [0.2, 0.25) is 5.91 Å². The lowest BCUT2D eigenvalue weighted by Crippen LogP contribution is -2.27. The highest BCUT2D eigenvalue weighted by Crippen LogP contribution is 2.31. The molecule has 1 aliphatic rings. The summed E-state index contributed by atoms with van der Waals surface area (Å²) in [5.41, 5.74) is 1.30. The lowest BCUT2D eigenvalue weighted by Gasteiger charge is -2.18. The molecule has 1 N–H and O–H groups in total. The number of ether oxygens (including phenoxy) is 2. The molecular weight excluding hydrogens is 337 g/mol. The van der Waals surface area contributed by atoms with Crippen molar-refractivity contribution in [2.24, 2.45) is 0 Å². The van der Waals surface area contributed by atoms with Crippen molar-refractivity contribution in [1.82, 2.24) is 5.32 Å². The van der Waals surface area contributed by atoms with Gasteiger partial charge in [-0.1, -0.05) is 12.1 Å². The molecule has 0 fully saturated rings. The van der Waals surface area contributed by atoms with Crippen molar-refractivity contribution in [3.63, 3.8) is 0 Å². The average molecular weight is 357 g/mol. The standard InChI is InChI=1S/C20H20FNO4/c1-13(14-2-5-16(21)6-3-14)22-20(24)9-7-17(23)15-4-8-18-19(12-15)26-11-10-25-18/h2-6,8,12-13H,7,9-11H2,1H3,(H,22,24). The Morgan fingerprint density at radius 1 is 1.04 bits per heavy atom. The third-order valence-corrected chi connectivity index (χ3v) is 4.19. The molecule has 6 heteroatoms. The van der Waals surface area contributed by atoms with Gasteiger partial charge in [0, 0.05) is 18.4 Å². The number of benzene rings is 2. The molecule has 1 heterocycles. The number of hydrogen-bond donors (Lipinski definition) is 1. The molecule has 0 aliphatic carbocycles. The highest BCUT2D eigenvalue weighted by Gasteiger charge is 2.16. The Hall–Kier alpha value is -2.89. The number of ketones is 1. The zero-order chi connectivity index (χ0) is 18.5. The number of halogens is 1. The van der Waals surface area contributed by atoms with E-state index in [0.29, 0.717) is 30.3 Å². The summed E-state index contributed by atoms with van der Waals surface area (Å²) in [4.78, 5) is 24.4. The molecule has 26 heavy (non-hydrogen) atoms. The van der Waals surface area contributed by atoms with Crippen molar-refractivity contribution in [3.8, 4) is 11.5 Å². The first-order valence-electron chi connectivity index (χ1n) is 8.50. The maximum Gasteiger partial charge on any atom is 0.220 e. The molecule has 2 aromatic rings. The third kappa shape index (κ3) is 4.39. The minimum atomic E-state index is -0.322. The molecular formula is C20H20FNO4. The summed E-state index contributed by atoms with van der Waals surface area (Å²) in [5.74, 6) is 0.492. The first kappa shape index (κ1) is 17.9. The Morgan fingerprint density at radius 3 is 2.46 bits per heavy atom. The monoisotopic (exact) mass is 357 g/mol. The van der Waals surface area contributed by atoms with E-state index in [0.717, 1.165) is 5.56 Å². The summed E-state index contributed by atoms with van der Waals surface area (Å²) in [6, 6.07) is 10.7. The molecule has 3 rings (SSSR count). The molecule has 0 saturated heterocycles. The molecule has 0 saturated carbocycles. The largest absolute Gasteiger partial charge is 0.486 e. The second-order valence-electron chi connectivity index (χ2n) is 6.12. The molecule has 2 aromatic carbocycles. The molecule has 0 bridgehead atoms. The van der Waals surface area contributed by atoms with E-state index in [2.05, 4.69) is 5.32 Å². The third-order valence-electron chi connectivity index (χ3n) is 4.19. The Morgan fingerprint density at radius 2 is 1.73 bits per heavy atom. The Balaban J connectivity index is 1.52. The maximum atomic E-state index is 12.9. The summed E-state index contributed by atoms with van der Waals surface area (Å²) in [5, 5.41) is 2.81. The Labute approximate surface area is 151 Å². The van der Waals surface area contributed by atoms with Gasteiger partial charge < -0.3 is 14.8 Å². The molecule has 136 valence electrons. The van der Waals surface area contributed by atoms with Crippen LogP contribution < -0.4 is 14.8 Å². The minimum Gasteiger partial charge on any atom is -0.486 e. The molecule has 1 unspecified atom stereocenters. The van der Waals surface area contributed by atoms with Crippen molar-refractivity contribution in [2.45, 2.75) is 25.8 Å². The van der Waals surface area contributed by atoms with Gasteiger partial charge in [-0.2, -0.15) is 0 Å². The van der Waals surface area contributed by atoms with Gasteiger partial charge in [0.1, 0.15) is 19.0 Å². The zero-order valence-corrected chi connectivity index (χ0v) is 14.5. The number of nitrogens with one attached hydrogen (secondary N) is 1. The number of hydrogen-bond acceptors (Lipinski definition) is 4. The number of carbonyl (C=O) groups is 2. The van der Waals surface area contributed by atoms with E-state index in [1.54, 1.807) is 30.3 Å². The van der Waals surface area contributed by atoms with Crippen molar-refractivity contribution in [1.29, 1.82) is 0 Å². The maximum absolute atomic E-state index is 12.9. The molecule has 0 radical (unpaired) electrons. The number of fused-ring (bicyclic) bond motifs is 1. The van der Waals surface area contributed by atoms with Crippen LogP contribution >= 0.6 is 0 Å². The average Bonchev–Trinajstić information content (AvgIpc) is 2.66. The Kier molecular flexibility index (Phi) is 5.51. The zero-order valence-electron chi connectivity index (χ0n) is 14.5. The van der Waals surface area contributed by atoms with E-state index < -0.39 is 0 Å². The quantitative estimate of drug-likeness (QED) is 0.805. The second kappa shape index (κ2) is 7.99. The van der Waals surface area contributed by atoms with E-state index in [1.165, 1.54) is 12.1 Å². The molecule has 0 aromatic heterocycles. The molecule has 1 atom stereocenters. The smallest absolute Gasteiger partial charge is 0.220 e. The van der Waals surface area contributed by atoms with Crippen molar-refractivity contribution in [2.75, 3.05) is 13.2 Å². The molecule has 5 nitrogen and oxygen atoms in total. The SMILES string of the molecule is CC(NC(=O)CCC(=O)c1ccc2c(c1)OCCO2)c1ccc(F)cc1. The van der Waals surface area contributed by atoms with Gasteiger partial charge in [0.15, 0.2) is 17.3 Å². The highest BCUT2D eigenvalue weighted by molar-refractivity contribution is 5.98. The minimum absolute atomic E-state index is 0.0822. The van der Waals surface area contributed by atoms with Crippen LogP contribution in [0.3, 0.4) is 0 Å². The van der Waals surface area contributed by atoms with Gasteiger partial charge in [-0.3, -0.25) is 9.59 Å². The lowest BCUT2D eigenvalue weighted by molar-refractivity contribution is -0.121. The van der Waals surface area contributed by atoms with Crippen LogP contribution in [0.15, 0.2) is 42.5 Å². The van der Waals surface area contributed by atoms with Crippen LogP contribution in [0.4, 0.5) is 4.39 Å². The predicted molar refractivity (Wildman–Crippen MR) is 94.0 cm³/mol. The van der Waals surface area contributed by atoms with Crippen molar-refractivity contribution < 1.29 is 23.5 Å². The molecule has 1 aliphatic heterocycles. The number of amides is 1. The Bertz CT molecular complexity index is 804. The number of Topliss-reactive ketones (excluding diaryl/α,β-unsaturated/α-hetero) is 1. The van der Waals surface area contributed by atoms with Gasteiger partial charge in [-0.15, -0.1) is 0 Å². The van der Waals surface area contributed by atoms with Crippen LogP contribution in [-0.2, 0) is 4.79 Å². The first-order valence-corrected chi connectivity index (χ1v) is 8.50. The highest BCUT2D eigenvalue weighted by atomic mass is 19.1. The summed E-state index contributed by atoms with van der Waals surface area (Å²) < 4.78 is 23.8. The molecule has 1 amide bonds. The fourth-order valence-corrected chi connectivity index (χ4v) is 2.74. The van der Waals surface area contributed by atoms with Crippen LogP contribution in [0.2, 0.25) is 0 Å². The van der Waals surface area contributed by atoms with E-state index in [4.69, 9.17) is 9.47 Å². The summed E-state index contributed by atoms with van der Waals surface area (Å²) in [6.45, 7) is 2.76. The van der Waals surface area contributed by atoms with Crippen LogP contribution in [0.1, 0.15) is 41.7 Å². The van der Waals surface area contributed by atoms with E-state index in [1.807, 2.05) is 6.92 Å². The van der Waals surface area contributed by atoms with Crippen molar-refractivity contribution >= 4 is 11.7 Å². The van der Waals surface area contributed by atoms with Crippen LogP contribution in [0, 0.1) is 5.82 Å². The van der Waals surface area contributed by atoms with Crippen LogP contribution in [0.5, 0.6) is 11.5 Å². The summed E-state index contributed by atoms with van der Waals surface area (Å²) in [7, 11) is 0. The van der Waals surface area contributed by atoms with Gasteiger partial charge in [-0.25, -0.2) is 4.39 Å². The van der Waals surface area contributed by atoms with Crippen molar-refractivity contribution in [3.05, 3.63) is 59.4 Å². The topological polar surface area (TPSA) is 64.6 Å². The first-order chi connectivity index (χ1) is 12.5. The van der Waals surface area contributed by atoms with Gasteiger partial charge in [0.05, 0.1) is 6.04 Å². The number of rotatable bonds is 6. The number of carbonyl (C=O) groups excluding carboxylic acids is 2. The predicted octanol–water partition coefficient (Wildman–Crippen LogP) is 3.44. The fraction of sp³-hybridized carbons (Fsp3) is 0.300. The summed E-state index contributed by atoms with van der Waals surface area (Å²) >= 11 is 0. The van der Waals surface area contributed by atoms with E-state index >= 15 is 0 Å². The van der Waals surface area contributed by atoms with Gasteiger partial charge >= 0.3 is 0 Å². The van der Waals surface area contributed by atoms with Crippen LogP contribution in [0.25, 0.3) is 0 Å². The molecule has 0 spiro atoms. The normalized spacial score (nSPS) is 13.8. The van der Waals surface area contributed by atoms with E-state index in [-0.39, 0.29) is 36.4 Å². The lowest BCUT2D eigenvalue weighted by atomic mass is 10.0. The van der Waals surface area contributed by atoms with Crippen LogP contribution in [-0.4, -0.2) is 24.9 Å². The van der Waals surface area contributed by atoms with Gasteiger partial charge in [0.25, 0.3) is 0 Å². The summed E-state index contributed by atoms with van der Waals surface area (Å²) in [6.07, 6.45) is 0.181. The van der Waals surface area contributed by atoms with E-state index in [9.17, 15) is 14.0 Å². The fourth-order valence-electron chi connectivity index (χ4n) is 2.74.